The van der Waals surface area contributed by atoms with Gasteiger partial charge in [-0.05, 0) is 18.2 Å². The Balaban J connectivity index is 2.48. The number of nitrogens with zero attached hydrogens (tertiary/aromatic N) is 4. The van der Waals surface area contributed by atoms with E-state index in [1.807, 2.05) is 12.1 Å². The van der Waals surface area contributed by atoms with Crippen LogP contribution in [0.5, 0.6) is 0 Å². The Kier molecular flexibility index (Phi) is 2.92. The zero-order valence-electron chi connectivity index (χ0n) is 9.10. The lowest BCUT2D eigenvalue weighted by molar-refractivity contribution is 1.34. The highest BCUT2D eigenvalue weighted by Gasteiger charge is 2.05. The SMILES string of the molecule is N#CC(C#N)=NNc1cc(C#N)cc2[nH]ccc12. The van der Waals surface area contributed by atoms with Crippen molar-refractivity contribution < 1.29 is 0 Å². The van der Waals surface area contributed by atoms with Crippen LogP contribution in [0.25, 0.3) is 10.9 Å². The van der Waals surface area contributed by atoms with Crippen molar-refractivity contribution in [3.63, 3.8) is 0 Å². The number of rotatable bonds is 2. The highest BCUT2D eigenvalue weighted by atomic mass is 15.3. The highest BCUT2D eigenvalue weighted by molar-refractivity contribution is 6.10. The molecule has 0 radical (unpaired) electrons. The van der Waals surface area contributed by atoms with Crippen molar-refractivity contribution in [1.29, 1.82) is 15.8 Å². The molecule has 0 aliphatic heterocycles. The number of anilines is 1. The summed E-state index contributed by atoms with van der Waals surface area (Å²) in [5.74, 6) is 0. The molecule has 0 bridgehead atoms. The second kappa shape index (κ2) is 4.69. The molecular formula is C12H6N6. The number of hydrazone groups is 1. The number of hydrogen-bond donors (Lipinski definition) is 2. The molecule has 6 heteroatoms. The molecule has 0 spiro atoms. The van der Waals surface area contributed by atoms with Crippen LogP contribution in [-0.4, -0.2) is 10.7 Å². The molecule has 1 aromatic carbocycles. The second-order valence-electron chi connectivity index (χ2n) is 3.37. The highest BCUT2D eigenvalue weighted by Crippen LogP contribution is 2.24. The summed E-state index contributed by atoms with van der Waals surface area (Å²) in [6.45, 7) is 0. The molecule has 6 nitrogen and oxygen atoms in total. The lowest BCUT2D eigenvalue weighted by atomic mass is 10.1. The van der Waals surface area contributed by atoms with E-state index >= 15 is 0 Å². The molecule has 0 saturated heterocycles. The van der Waals surface area contributed by atoms with Crippen LogP contribution >= 0.6 is 0 Å². The quantitative estimate of drug-likeness (QED) is 0.609. The van der Waals surface area contributed by atoms with E-state index in [1.54, 1.807) is 30.5 Å². The Morgan fingerprint density at radius 3 is 2.67 bits per heavy atom. The van der Waals surface area contributed by atoms with Gasteiger partial charge >= 0.3 is 0 Å². The lowest BCUT2D eigenvalue weighted by Gasteiger charge is -2.02. The van der Waals surface area contributed by atoms with E-state index in [-0.39, 0.29) is 5.71 Å². The van der Waals surface area contributed by atoms with Gasteiger partial charge < -0.3 is 4.98 Å². The minimum atomic E-state index is -0.277. The summed E-state index contributed by atoms with van der Waals surface area (Å²) in [6.07, 6.45) is 1.73. The first-order valence-electron chi connectivity index (χ1n) is 4.93. The molecule has 2 rings (SSSR count). The van der Waals surface area contributed by atoms with Gasteiger partial charge in [-0.2, -0.15) is 20.9 Å². The van der Waals surface area contributed by atoms with Gasteiger partial charge in [0, 0.05) is 17.1 Å². The zero-order chi connectivity index (χ0) is 13.0. The second-order valence-corrected chi connectivity index (χ2v) is 3.37. The van der Waals surface area contributed by atoms with E-state index in [0.29, 0.717) is 11.3 Å². The van der Waals surface area contributed by atoms with Crippen molar-refractivity contribution in [2.24, 2.45) is 5.10 Å². The first-order valence-corrected chi connectivity index (χ1v) is 4.93. The Bertz CT molecular complexity index is 731. The summed E-state index contributed by atoms with van der Waals surface area (Å²) >= 11 is 0. The van der Waals surface area contributed by atoms with Crippen LogP contribution in [0.4, 0.5) is 5.69 Å². The van der Waals surface area contributed by atoms with Gasteiger partial charge in [0.1, 0.15) is 12.1 Å². The Morgan fingerprint density at radius 1 is 1.22 bits per heavy atom. The van der Waals surface area contributed by atoms with E-state index < -0.39 is 0 Å². The van der Waals surface area contributed by atoms with Crippen LogP contribution in [0.15, 0.2) is 29.5 Å². The third kappa shape index (κ3) is 1.97. The van der Waals surface area contributed by atoms with Crippen LogP contribution < -0.4 is 5.43 Å². The Morgan fingerprint density at radius 2 is 2.00 bits per heavy atom. The molecule has 2 N–H and O–H groups in total. The van der Waals surface area contributed by atoms with Gasteiger partial charge in [-0.3, -0.25) is 5.43 Å². The molecule has 0 saturated carbocycles. The molecule has 2 aromatic rings. The zero-order valence-corrected chi connectivity index (χ0v) is 9.10. The molecule has 84 valence electrons. The fourth-order valence-corrected chi connectivity index (χ4v) is 1.52. The number of benzene rings is 1. The molecular weight excluding hydrogens is 228 g/mol. The van der Waals surface area contributed by atoms with Crippen LogP contribution in [0.3, 0.4) is 0 Å². The number of aromatic amines is 1. The largest absolute Gasteiger partial charge is 0.361 e. The topological polar surface area (TPSA) is 112 Å². The van der Waals surface area contributed by atoms with Gasteiger partial charge in [-0.15, -0.1) is 0 Å². The molecule has 0 fully saturated rings. The number of hydrogen-bond acceptors (Lipinski definition) is 5. The maximum atomic E-state index is 8.90. The predicted molar refractivity (Wildman–Crippen MR) is 65.3 cm³/mol. The Labute approximate surface area is 102 Å². The van der Waals surface area contributed by atoms with Gasteiger partial charge in [-0.25, -0.2) is 0 Å². The molecule has 18 heavy (non-hydrogen) atoms. The van der Waals surface area contributed by atoms with Gasteiger partial charge in [-0.1, -0.05) is 0 Å². The van der Waals surface area contributed by atoms with Crippen LogP contribution in [0.2, 0.25) is 0 Å². The predicted octanol–water partition coefficient (Wildman–Crippen LogP) is 1.85. The van der Waals surface area contributed by atoms with Gasteiger partial charge in [0.05, 0.1) is 17.3 Å². The van der Waals surface area contributed by atoms with E-state index in [4.69, 9.17) is 15.8 Å². The normalized spacial score (nSPS) is 8.94. The number of aromatic nitrogens is 1. The van der Waals surface area contributed by atoms with E-state index in [9.17, 15) is 0 Å². The number of nitrogens with one attached hydrogen (secondary N) is 2. The molecule has 0 atom stereocenters. The number of H-pyrrole nitrogens is 1. The molecule has 0 aliphatic carbocycles. The van der Waals surface area contributed by atoms with Crippen molar-refractivity contribution >= 4 is 22.3 Å². The maximum Gasteiger partial charge on any atom is 0.237 e. The number of nitriles is 3. The van der Waals surface area contributed by atoms with Crippen molar-refractivity contribution in [2.75, 3.05) is 5.43 Å². The summed E-state index contributed by atoms with van der Waals surface area (Å²) in [7, 11) is 0. The monoisotopic (exact) mass is 234 g/mol. The van der Waals surface area contributed by atoms with Crippen LogP contribution in [0.1, 0.15) is 5.56 Å². The average molecular weight is 234 g/mol. The number of fused-ring (bicyclic) bond motifs is 1. The van der Waals surface area contributed by atoms with Gasteiger partial charge in [0.15, 0.2) is 0 Å². The third-order valence-electron chi connectivity index (χ3n) is 2.30. The van der Waals surface area contributed by atoms with Crippen molar-refractivity contribution in [2.45, 2.75) is 0 Å². The first kappa shape index (κ1) is 11.2. The van der Waals surface area contributed by atoms with Gasteiger partial charge in [0.2, 0.25) is 5.71 Å². The average Bonchev–Trinajstić information content (AvgIpc) is 2.87. The minimum absolute atomic E-state index is 0.277. The summed E-state index contributed by atoms with van der Waals surface area (Å²) in [5.41, 5.74) is 4.15. The summed E-state index contributed by atoms with van der Waals surface area (Å²) in [6, 6.07) is 10.4. The van der Waals surface area contributed by atoms with Crippen molar-refractivity contribution in [3.8, 4) is 18.2 Å². The fraction of sp³-hybridized carbons (Fsp3) is 0. The van der Waals surface area contributed by atoms with E-state index in [1.165, 1.54) is 0 Å². The summed E-state index contributed by atoms with van der Waals surface area (Å²) in [5, 5.41) is 30.5. The molecule has 1 heterocycles. The summed E-state index contributed by atoms with van der Waals surface area (Å²) < 4.78 is 0. The maximum absolute atomic E-state index is 8.90. The van der Waals surface area contributed by atoms with E-state index in [0.717, 1.165) is 10.9 Å². The fourth-order valence-electron chi connectivity index (χ4n) is 1.52. The third-order valence-corrected chi connectivity index (χ3v) is 2.30. The minimum Gasteiger partial charge on any atom is -0.361 e. The standard InChI is InChI=1S/C12H6N6/c13-5-8-3-11-10(1-2-16-11)12(4-8)18-17-9(6-14)7-15/h1-4,16,18H. The van der Waals surface area contributed by atoms with Gasteiger partial charge in [0.25, 0.3) is 0 Å². The molecule has 0 amide bonds. The lowest BCUT2D eigenvalue weighted by Crippen LogP contribution is -1.97. The van der Waals surface area contributed by atoms with Crippen LogP contribution in [0, 0.1) is 34.0 Å². The van der Waals surface area contributed by atoms with Crippen molar-refractivity contribution in [1.82, 2.24) is 4.98 Å². The van der Waals surface area contributed by atoms with Crippen LogP contribution in [-0.2, 0) is 0 Å². The van der Waals surface area contributed by atoms with E-state index in [2.05, 4.69) is 15.5 Å². The summed E-state index contributed by atoms with van der Waals surface area (Å²) in [4.78, 5) is 2.98. The Hall–Kier alpha value is -3.30. The smallest absolute Gasteiger partial charge is 0.237 e. The molecule has 1 aromatic heterocycles. The molecule has 0 unspecified atom stereocenters. The van der Waals surface area contributed by atoms with Crippen molar-refractivity contribution in [3.05, 3.63) is 30.0 Å². The first-order chi connectivity index (χ1) is 8.78. The molecule has 0 aliphatic rings.